The van der Waals surface area contributed by atoms with Crippen molar-refractivity contribution in [3.8, 4) is 6.07 Å². The summed E-state index contributed by atoms with van der Waals surface area (Å²) in [6, 6.07) is 6.05. The van der Waals surface area contributed by atoms with Gasteiger partial charge in [-0.15, -0.1) is 0 Å². The minimum Gasteiger partial charge on any atom is -0.355 e. The monoisotopic (exact) mass is 246 g/mol. The normalized spacial score (nSPS) is 12.2. The van der Waals surface area contributed by atoms with Crippen LogP contribution < -0.4 is 10.6 Å². The molecule has 1 aromatic heterocycles. The molecule has 0 saturated heterocycles. The molecule has 0 aliphatic rings. The predicted molar refractivity (Wildman–Crippen MR) is 74.1 cm³/mol. The van der Waals surface area contributed by atoms with Gasteiger partial charge in [0.25, 0.3) is 0 Å². The molecule has 98 valence electrons. The first-order valence-electron chi connectivity index (χ1n) is 6.38. The zero-order valence-electron chi connectivity index (χ0n) is 11.4. The van der Waals surface area contributed by atoms with Crippen molar-refractivity contribution in [2.24, 2.45) is 11.7 Å². The number of nitrogens with zero attached hydrogens (tertiary/aromatic N) is 3. The number of aromatic nitrogens is 1. The Hall–Kier alpha value is -1.60. The van der Waals surface area contributed by atoms with Gasteiger partial charge in [0.2, 0.25) is 0 Å². The van der Waals surface area contributed by atoms with Crippen LogP contribution in [-0.2, 0) is 0 Å². The molecule has 0 fully saturated rings. The summed E-state index contributed by atoms with van der Waals surface area (Å²) in [4.78, 5) is 6.60. The summed E-state index contributed by atoms with van der Waals surface area (Å²) in [5.41, 5.74) is 7.02. The third-order valence-corrected chi connectivity index (χ3v) is 2.69. The molecule has 0 saturated carbocycles. The Morgan fingerprint density at radius 3 is 2.72 bits per heavy atom. The average Bonchev–Trinajstić information content (AvgIpc) is 2.34. The lowest BCUT2D eigenvalue weighted by Crippen LogP contribution is -2.31. The number of nitriles is 1. The number of nitrogens with two attached hydrogens (primary N) is 1. The highest BCUT2D eigenvalue weighted by atomic mass is 15.2. The molecule has 0 aromatic carbocycles. The van der Waals surface area contributed by atoms with Crippen LogP contribution in [0.25, 0.3) is 0 Å². The molecule has 0 amide bonds. The highest BCUT2D eigenvalue weighted by Gasteiger charge is 2.15. The predicted octanol–water partition coefficient (Wildman–Crippen LogP) is 2.48. The van der Waals surface area contributed by atoms with Gasteiger partial charge in [0.1, 0.15) is 5.82 Å². The lowest BCUT2D eigenvalue weighted by Gasteiger charge is -2.27. The Balaban J connectivity index is 3.00. The third-order valence-electron chi connectivity index (χ3n) is 2.69. The molecule has 18 heavy (non-hydrogen) atoms. The molecule has 4 nitrogen and oxygen atoms in total. The van der Waals surface area contributed by atoms with E-state index in [0.29, 0.717) is 18.9 Å². The molecule has 4 heteroatoms. The van der Waals surface area contributed by atoms with Gasteiger partial charge < -0.3 is 10.6 Å². The molecule has 0 radical (unpaired) electrons. The van der Waals surface area contributed by atoms with Gasteiger partial charge in [0, 0.05) is 30.9 Å². The number of anilines is 1. The van der Waals surface area contributed by atoms with Crippen molar-refractivity contribution in [2.45, 2.75) is 33.2 Å². The van der Waals surface area contributed by atoms with Gasteiger partial charge >= 0.3 is 0 Å². The minimum absolute atomic E-state index is 0.0505. The SMILES string of the molecule is CC(C)CN(CCC#N)c1ncccc1[C@@H](C)N. The lowest BCUT2D eigenvalue weighted by atomic mass is 10.1. The highest BCUT2D eigenvalue weighted by Crippen LogP contribution is 2.23. The summed E-state index contributed by atoms with van der Waals surface area (Å²) < 4.78 is 0. The zero-order chi connectivity index (χ0) is 13.5. The van der Waals surface area contributed by atoms with Gasteiger partial charge in [-0.3, -0.25) is 0 Å². The number of hydrogen-bond acceptors (Lipinski definition) is 4. The molecule has 1 atom stereocenters. The number of rotatable bonds is 6. The van der Waals surface area contributed by atoms with E-state index in [4.69, 9.17) is 11.0 Å². The van der Waals surface area contributed by atoms with Crippen LogP contribution in [0.3, 0.4) is 0 Å². The second kappa shape index (κ2) is 6.97. The van der Waals surface area contributed by atoms with Crippen LogP contribution in [0.2, 0.25) is 0 Å². The van der Waals surface area contributed by atoms with Crippen molar-refractivity contribution in [1.82, 2.24) is 4.98 Å². The maximum Gasteiger partial charge on any atom is 0.133 e. The van der Waals surface area contributed by atoms with E-state index in [-0.39, 0.29) is 6.04 Å². The molecule has 0 aliphatic heterocycles. The minimum atomic E-state index is -0.0505. The second-order valence-electron chi connectivity index (χ2n) is 4.95. The Kier molecular flexibility index (Phi) is 5.60. The third kappa shape index (κ3) is 4.01. The molecule has 0 bridgehead atoms. The van der Waals surface area contributed by atoms with Crippen LogP contribution in [0, 0.1) is 17.2 Å². The summed E-state index contributed by atoms with van der Waals surface area (Å²) in [7, 11) is 0. The Labute approximate surface area is 109 Å². The summed E-state index contributed by atoms with van der Waals surface area (Å²) in [6.07, 6.45) is 2.28. The summed E-state index contributed by atoms with van der Waals surface area (Å²) in [5, 5.41) is 8.75. The molecule has 0 spiro atoms. The van der Waals surface area contributed by atoms with E-state index in [2.05, 4.69) is 29.8 Å². The van der Waals surface area contributed by atoms with E-state index >= 15 is 0 Å². The fourth-order valence-electron chi connectivity index (χ4n) is 1.94. The van der Waals surface area contributed by atoms with Gasteiger partial charge in [-0.25, -0.2) is 4.98 Å². The van der Waals surface area contributed by atoms with Crippen molar-refractivity contribution in [3.63, 3.8) is 0 Å². The molecular weight excluding hydrogens is 224 g/mol. The van der Waals surface area contributed by atoms with Gasteiger partial charge in [0.15, 0.2) is 0 Å². The molecule has 0 aliphatic carbocycles. The van der Waals surface area contributed by atoms with Crippen molar-refractivity contribution in [1.29, 1.82) is 5.26 Å². The quantitative estimate of drug-likeness (QED) is 0.837. The van der Waals surface area contributed by atoms with Gasteiger partial charge in [-0.05, 0) is 18.9 Å². The fourth-order valence-corrected chi connectivity index (χ4v) is 1.94. The van der Waals surface area contributed by atoms with Crippen LogP contribution in [0.1, 0.15) is 38.8 Å². The van der Waals surface area contributed by atoms with E-state index in [1.54, 1.807) is 6.20 Å². The lowest BCUT2D eigenvalue weighted by molar-refractivity contribution is 0.603. The van der Waals surface area contributed by atoms with Crippen LogP contribution in [0.15, 0.2) is 18.3 Å². The van der Waals surface area contributed by atoms with Crippen molar-refractivity contribution in [2.75, 3.05) is 18.0 Å². The first-order chi connectivity index (χ1) is 8.56. The molecule has 1 rings (SSSR count). The van der Waals surface area contributed by atoms with E-state index < -0.39 is 0 Å². The topological polar surface area (TPSA) is 65.9 Å². The van der Waals surface area contributed by atoms with E-state index in [1.165, 1.54) is 0 Å². The average molecular weight is 246 g/mol. The molecule has 0 unspecified atom stereocenters. The molecule has 1 heterocycles. The molecule has 2 N–H and O–H groups in total. The van der Waals surface area contributed by atoms with Gasteiger partial charge in [-0.2, -0.15) is 5.26 Å². The number of hydrogen-bond donors (Lipinski definition) is 1. The van der Waals surface area contributed by atoms with Crippen LogP contribution >= 0.6 is 0 Å². The van der Waals surface area contributed by atoms with Gasteiger partial charge in [-0.1, -0.05) is 19.9 Å². The largest absolute Gasteiger partial charge is 0.355 e. The Bertz CT molecular complexity index is 407. The molecule has 1 aromatic rings. The van der Waals surface area contributed by atoms with E-state index in [0.717, 1.165) is 17.9 Å². The van der Waals surface area contributed by atoms with Gasteiger partial charge in [0.05, 0.1) is 12.5 Å². The van der Waals surface area contributed by atoms with Crippen molar-refractivity contribution >= 4 is 5.82 Å². The van der Waals surface area contributed by atoms with Crippen LogP contribution in [0.5, 0.6) is 0 Å². The van der Waals surface area contributed by atoms with Crippen molar-refractivity contribution < 1.29 is 0 Å². The highest BCUT2D eigenvalue weighted by molar-refractivity contribution is 5.48. The van der Waals surface area contributed by atoms with Crippen molar-refractivity contribution in [3.05, 3.63) is 23.9 Å². The van der Waals surface area contributed by atoms with E-state index in [9.17, 15) is 0 Å². The summed E-state index contributed by atoms with van der Waals surface area (Å²) in [5.74, 6) is 1.43. The molecular formula is C14H22N4. The summed E-state index contributed by atoms with van der Waals surface area (Å²) >= 11 is 0. The van der Waals surface area contributed by atoms with Crippen LogP contribution in [0.4, 0.5) is 5.82 Å². The number of pyridine rings is 1. The van der Waals surface area contributed by atoms with E-state index in [1.807, 2.05) is 19.1 Å². The second-order valence-corrected chi connectivity index (χ2v) is 4.95. The maximum absolute atomic E-state index is 8.75. The first-order valence-corrected chi connectivity index (χ1v) is 6.38. The van der Waals surface area contributed by atoms with Crippen LogP contribution in [-0.4, -0.2) is 18.1 Å². The smallest absolute Gasteiger partial charge is 0.133 e. The first kappa shape index (κ1) is 14.5. The fraction of sp³-hybridized carbons (Fsp3) is 0.571. The maximum atomic E-state index is 8.75. The Morgan fingerprint density at radius 1 is 1.44 bits per heavy atom. The standard InChI is InChI=1S/C14H22N4/c1-11(2)10-18(9-5-7-15)14-13(12(3)16)6-4-8-17-14/h4,6,8,11-12H,5,9-10,16H2,1-3H3/t12-/m1/s1. The Morgan fingerprint density at radius 2 is 2.17 bits per heavy atom. The summed E-state index contributed by atoms with van der Waals surface area (Å²) in [6.45, 7) is 7.86. The zero-order valence-corrected chi connectivity index (χ0v) is 11.4.